The smallest absolute Gasteiger partial charge is 0.305 e. The fourth-order valence-corrected chi connectivity index (χ4v) is 7.82. The van der Waals surface area contributed by atoms with Gasteiger partial charge in [-0.3, -0.25) is 19.2 Å². The van der Waals surface area contributed by atoms with Crippen LogP contribution in [0.25, 0.3) is 0 Å². The number of hydrogen-bond donors (Lipinski definition) is 2. The van der Waals surface area contributed by atoms with E-state index in [0.29, 0.717) is 16.5 Å². The molecule has 2 unspecified atom stereocenters. The molecule has 2 N–H and O–H groups in total. The van der Waals surface area contributed by atoms with E-state index >= 15 is 0 Å². The Bertz CT molecular complexity index is 1680. The first-order chi connectivity index (χ1) is 19.3. The van der Waals surface area contributed by atoms with Gasteiger partial charge < -0.3 is 15.0 Å². The molecule has 6 rings (SSSR count). The number of imide groups is 1. The minimum Gasteiger partial charge on any atom is -0.484 e. The van der Waals surface area contributed by atoms with E-state index in [0.717, 1.165) is 37.5 Å². The number of nitrogens with one attached hydrogen (secondary N) is 2. The molecule has 3 aromatic carbocycles. The predicted molar refractivity (Wildman–Crippen MR) is 158 cm³/mol. The fourth-order valence-electron chi connectivity index (χ4n) is 5.04. The highest BCUT2D eigenvalue weighted by Crippen LogP contribution is 2.53. The molecule has 2 aliphatic rings. The quantitative estimate of drug-likeness (QED) is 0.278. The number of fused-ring (bicyclic) bond motifs is 2. The van der Waals surface area contributed by atoms with Gasteiger partial charge in [0.05, 0.1) is 16.6 Å². The SMILES string of the molecule is Cc1ccccc1NC(=O)COc1ccc([C@H]2c3sc(=O)[nH]c3SC3C(=O)N(c4ccc(Br)cc4)C(=O)C32)cc1. The molecule has 1 fully saturated rings. The number of amides is 3. The van der Waals surface area contributed by atoms with Crippen molar-refractivity contribution in [2.45, 2.75) is 23.1 Å². The molecular formula is C29H22BrN3O5S2. The molecule has 0 bridgehead atoms. The van der Waals surface area contributed by atoms with Crippen LogP contribution in [-0.4, -0.2) is 34.6 Å². The first kappa shape index (κ1) is 26.5. The number of halogens is 1. The van der Waals surface area contributed by atoms with Crippen LogP contribution in [0.3, 0.4) is 0 Å². The molecule has 1 saturated heterocycles. The van der Waals surface area contributed by atoms with Crippen molar-refractivity contribution in [2.75, 3.05) is 16.8 Å². The third-order valence-corrected chi connectivity index (χ3v) is 9.87. The van der Waals surface area contributed by atoms with Gasteiger partial charge in [0.25, 0.3) is 5.91 Å². The molecule has 0 saturated carbocycles. The Labute approximate surface area is 245 Å². The zero-order chi connectivity index (χ0) is 28.0. The van der Waals surface area contributed by atoms with Crippen molar-refractivity contribution in [2.24, 2.45) is 5.92 Å². The summed E-state index contributed by atoms with van der Waals surface area (Å²) in [5.74, 6) is -1.56. The summed E-state index contributed by atoms with van der Waals surface area (Å²) in [4.78, 5) is 56.6. The Morgan fingerprint density at radius 2 is 1.73 bits per heavy atom. The van der Waals surface area contributed by atoms with Gasteiger partial charge in [-0.1, -0.05) is 69.4 Å². The molecule has 3 heterocycles. The summed E-state index contributed by atoms with van der Waals surface area (Å²) in [6.07, 6.45) is 0. The average Bonchev–Trinajstić information content (AvgIpc) is 3.44. The van der Waals surface area contributed by atoms with Crippen molar-refractivity contribution in [3.05, 3.63) is 103 Å². The average molecular weight is 637 g/mol. The number of ether oxygens (including phenoxy) is 1. The lowest BCUT2D eigenvalue weighted by Gasteiger charge is -2.29. The van der Waals surface area contributed by atoms with E-state index < -0.39 is 17.1 Å². The molecule has 3 atom stereocenters. The van der Waals surface area contributed by atoms with Crippen LogP contribution in [0.5, 0.6) is 5.75 Å². The lowest BCUT2D eigenvalue weighted by Crippen LogP contribution is -2.32. The van der Waals surface area contributed by atoms with Crippen molar-refractivity contribution >= 4 is 68.1 Å². The van der Waals surface area contributed by atoms with Gasteiger partial charge in [-0.2, -0.15) is 0 Å². The number of benzene rings is 3. The summed E-state index contributed by atoms with van der Waals surface area (Å²) < 4.78 is 6.54. The Kier molecular flexibility index (Phi) is 7.11. The number of hydrogen-bond acceptors (Lipinski definition) is 7. The summed E-state index contributed by atoms with van der Waals surface area (Å²) in [6.45, 7) is 1.74. The maximum absolute atomic E-state index is 13.8. The first-order valence-electron chi connectivity index (χ1n) is 12.4. The van der Waals surface area contributed by atoms with Crippen LogP contribution in [0.15, 0.2) is 87.1 Å². The van der Waals surface area contributed by atoms with Crippen LogP contribution in [0, 0.1) is 12.8 Å². The normalized spacial score (nSPS) is 19.8. The highest BCUT2D eigenvalue weighted by Gasteiger charge is 2.56. The van der Waals surface area contributed by atoms with Gasteiger partial charge in [0.15, 0.2) is 6.61 Å². The minimum atomic E-state index is -0.674. The van der Waals surface area contributed by atoms with Crippen LogP contribution in [0.1, 0.15) is 21.9 Å². The maximum Gasteiger partial charge on any atom is 0.305 e. The minimum absolute atomic E-state index is 0.169. The number of H-pyrrole nitrogens is 1. The topological polar surface area (TPSA) is 109 Å². The molecule has 0 radical (unpaired) electrons. The standard InChI is InChI=1S/C29H22BrN3O5S2/c1-15-4-2-3-5-20(15)31-21(34)14-38-19-12-6-16(7-13-19)22-23-25(39-26-24(22)40-29(37)32-26)28(36)33(27(23)35)18-10-8-17(30)9-11-18/h2-13,22-23,25H,14H2,1H3,(H,31,34)(H,32,37)/t22-,23?,25?/m1/s1. The number of anilines is 2. The zero-order valence-electron chi connectivity index (χ0n) is 21.1. The number of thioether (sulfide) groups is 1. The van der Waals surface area contributed by atoms with Crippen molar-refractivity contribution in [1.29, 1.82) is 0 Å². The molecule has 11 heteroatoms. The van der Waals surface area contributed by atoms with Gasteiger partial charge in [-0.25, -0.2) is 4.90 Å². The van der Waals surface area contributed by atoms with Crippen molar-refractivity contribution < 1.29 is 19.1 Å². The number of para-hydroxylation sites is 1. The molecule has 202 valence electrons. The molecule has 0 spiro atoms. The van der Waals surface area contributed by atoms with Crippen molar-refractivity contribution in [1.82, 2.24) is 4.98 Å². The van der Waals surface area contributed by atoms with E-state index in [2.05, 4.69) is 26.2 Å². The summed E-state index contributed by atoms with van der Waals surface area (Å²) in [5.41, 5.74) is 2.97. The molecule has 8 nitrogen and oxygen atoms in total. The Morgan fingerprint density at radius 1 is 1.00 bits per heavy atom. The molecule has 0 aliphatic carbocycles. The Balaban J connectivity index is 1.25. The van der Waals surface area contributed by atoms with E-state index in [1.54, 1.807) is 36.4 Å². The lowest BCUT2D eigenvalue weighted by molar-refractivity contribution is -0.122. The van der Waals surface area contributed by atoms with Gasteiger partial charge in [0.1, 0.15) is 11.0 Å². The van der Waals surface area contributed by atoms with Crippen LogP contribution in [0.2, 0.25) is 0 Å². The second-order valence-corrected chi connectivity index (χ2v) is 12.5. The van der Waals surface area contributed by atoms with Crippen molar-refractivity contribution in [3.63, 3.8) is 0 Å². The number of rotatable bonds is 6. The number of carbonyl (C=O) groups excluding carboxylic acids is 3. The monoisotopic (exact) mass is 635 g/mol. The van der Waals surface area contributed by atoms with Crippen LogP contribution < -0.4 is 19.8 Å². The molecule has 3 amide bonds. The second-order valence-electron chi connectivity index (χ2n) is 9.46. The van der Waals surface area contributed by atoms with Gasteiger partial charge in [0, 0.05) is 21.0 Å². The number of aryl methyl sites for hydroxylation is 1. The number of aromatic nitrogens is 1. The number of aromatic amines is 1. The summed E-state index contributed by atoms with van der Waals surface area (Å²) in [5, 5.41) is 2.79. The van der Waals surface area contributed by atoms with E-state index in [1.807, 2.05) is 43.3 Å². The van der Waals surface area contributed by atoms with E-state index in [1.165, 1.54) is 16.7 Å². The van der Waals surface area contributed by atoms with Gasteiger partial charge in [-0.15, -0.1) is 0 Å². The largest absolute Gasteiger partial charge is 0.484 e. The third kappa shape index (κ3) is 4.89. The first-order valence-corrected chi connectivity index (χ1v) is 14.9. The van der Waals surface area contributed by atoms with Gasteiger partial charge >= 0.3 is 4.87 Å². The van der Waals surface area contributed by atoms with Crippen LogP contribution in [-0.2, 0) is 14.4 Å². The highest BCUT2D eigenvalue weighted by molar-refractivity contribution is 9.10. The molecule has 1 aromatic heterocycles. The van der Waals surface area contributed by atoms with Gasteiger partial charge in [-0.05, 0) is 60.5 Å². The van der Waals surface area contributed by atoms with Gasteiger partial charge in [0.2, 0.25) is 11.8 Å². The van der Waals surface area contributed by atoms with Crippen LogP contribution >= 0.6 is 39.0 Å². The zero-order valence-corrected chi connectivity index (χ0v) is 24.3. The molecule has 4 aromatic rings. The van der Waals surface area contributed by atoms with Crippen LogP contribution in [0.4, 0.5) is 11.4 Å². The Hall–Kier alpha value is -3.67. The second kappa shape index (κ2) is 10.7. The van der Waals surface area contributed by atoms with E-state index in [-0.39, 0.29) is 29.2 Å². The Morgan fingerprint density at radius 3 is 2.45 bits per heavy atom. The molecule has 2 aliphatic heterocycles. The maximum atomic E-state index is 13.8. The van der Waals surface area contributed by atoms with E-state index in [9.17, 15) is 19.2 Å². The fraction of sp³-hybridized carbons (Fsp3) is 0.172. The number of nitrogens with zero attached hydrogens (tertiary/aromatic N) is 1. The lowest BCUT2D eigenvalue weighted by atomic mass is 9.83. The van der Waals surface area contributed by atoms with E-state index in [4.69, 9.17) is 4.74 Å². The summed E-state index contributed by atoms with van der Waals surface area (Å²) in [7, 11) is 0. The number of thiazole rings is 1. The van der Waals surface area contributed by atoms with Crippen molar-refractivity contribution in [3.8, 4) is 5.75 Å². The molecular weight excluding hydrogens is 614 g/mol. The predicted octanol–water partition coefficient (Wildman–Crippen LogP) is 5.32. The summed E-state index contributed by atoms with van der Waals surface area (Å²) in [6, 6.07) is 21.6. The number of carbonyl (C=O) groups is 3. The third-order valence-electron chi connectivity index (χ3n) is 6.94. The highest BCUT2D eigenvalue weighted by atomic mass is 79.9. The summed E-state index contributed by atoms with van der Waals surface area (Å²) >= 11 is 5.69. The molecule has 40 heavy (non-hydrogen) atoms.